The van der Waals surface area contributed by atoms with Crippen molar-refractivity contribution in [1.29, 1.82) is 0 Å². The Morgan fingerprint density at radius 2 is 1.79 bits per heavy atom. The zero-order valence-corrected chi connectivity index (χ0v) is 22.0. The lowest BCUT2D eigenvalue weighted by Gasteiger charge is -2.34. The molecular weight excluding hydrogens is 531 g/mol. The third-order valence-corrected chi connectivity index (χ3v) is 5.29. The number of benzene rings is 2. The summed E-state index contributed by atoms with van der Waals surface area (Å²) in [5.74, 6) is 2.46. The Kier molecular flexibility index (Phi) is 11.3. The van der Waals surface area contributed by atoms with Crippen molar-refractivity contribution in [3.05, 3.63) is 60.2 Å². The van der Waals surface area contributed by atoms with E-state index in [1.54, 1.807) is 14.1 Å². The van der Waals surface area contributed by atoms with Crippen LogP contribution in [0.15, 0.2) is 59.6 Å². The van der Waals surface area contributed by atoms with Gasteiger partial charge in [-0.25, -0.2) is 4.99 Å². The fourth-order valence-corrected chi connectivity index (χ4v) is 3.48. The first-order valence-corrected chi connectivity index (χ1v) is 11.2. The van der Waals surface area contributed by atoms with Gasteiger partial charge in [-0.3, -0.25) is 4.79 Å². The van der Waals surface area contributed by atoms with Crippen molar-refractivity contribution in [3.8, 4) is 11.5 Å². The van der Waals surface area contributed by atoms with E-state index in [0.717, 1.165) is 49.7 Å². The van der Waals surface area contributed by atoms with Gasteiger partial charge in [0.15, 0.2) is 12.6 Å². The third-order valence-electron chi connectivity index (χ3n) is 5.29. The van der Waals surface area contributed by atoms with E-state index in [1.807, 2.05) is 54.6 Å². The number of likely N-dealkylation sites (tertiary alicyclic amines) is 1. The molecule has 0 unspecified atom stereocenters. The Balaban J connectivity index is 0.00000385. The van der Waals surface area contributed by atoms with Crippen molar-refractivity contribution in [1.82, 2.24) is 15.1 Å². The molecule has 1 aliphatic rings. The molecular formula is C25H35IN4O3. The van der Waals surface area contributed by atoms with Gasteiger partial charge in [-0.15, -0.1) is 24.0 Å². The predicted molar refractivity (Wildman–Crippen MR) is 143 cm³/mol. The van der Waals surface area contributed by atoms with Crippen molar-refractivity contribution < 1.29 is 14.3 Å². The summed E-state index contributed by atoms with van der Waals surface area (Å²) in [5, 5.41) is 3.41. The predicted octanol–water partition coefficient (Wildman–Crippen LogP) is 3.78. The zero-order valence-electron chi connectivity index (χ0n) is 19.7. The Morgan fingerprint density at radius 3 is 2.45 bits per heavy atom. The molecule has 1 heterocycles. The molecule has 0 aliphatic carbocycles. The monoisotopic (exact) mass is 566 g/mol. The smallest absolute Gasteiger partial charge is 0.259 e. The number of aliphatic imine (C=N–C) groups is 1. The normalized spacial score (nSPS) is 14.3. The number of carbonyl (C=O) groups is 1. The molecule has 8 heteroatoms. The van der Waals surface area contributed by atoms with Crippen LogP contribution in [0.3, 0.4) is 0 Å². The number of hydrogen-bond donors (Lipinski definition) is 1. The first kappa shape index (κ1) is 26.8. The summed E-state index contributed by atoms with van der Waals surface area (Å²) in [5.41, 5.74) is 1.04. The topological polar surface area (TPSA) is 66.4 Å². The summed E-state index contributed by atoms with van der Waals surface area (Å²) in [4.78, 5) is 20.4. The van der Waals surface area contributed by atoms with Crippen LogP contribution < -0.4 is 14.8 Å². The van der Waals surface area contributed by atoms with Crippen LogP contribution in [0.5, 0.6) is 11.5 Å². The maximum absolute atomic E-state index is 11.7. The standard InChI is InChI=1S/C25H34N4O3.HI/c1-4-26-25(29-15-13-22(14-16-29)32-21-10-6-5-7-11-21)27-18-20-9-8-12-23(17-20)31-19-24(30)28(2)3;/h5-12,17,22H,4,13-16,18-19H2,1-3H3,(H,26,27);1H. The lowest BCUT2D eigenvalue weighted by Crippen LogP contribution is -2.47. The molecule has 180 valence electrons. The fraction of sp³-hybridized carbons (Fsp3) is 0.440. The average molecular weight is 566 g/mol. The summed E-state index contributed by atoms with van der Waals surface area (Å²) in [6.45, 7) is 5.27. The van der Waals surface area contributed by atoms with Gasteiger partial charge < -0.3 is 24.6 Å². The lowest BCUT2D eigenvalue weighted by atomic mass is 10.1. The first-order chi connectivity index (χ1) is 15.5. The van der Waals surface area contributed by atoms with E-state index in [0.29, 0.717) is 12.3 Å². The van der Waals surface area contributed by atoms with Crippen LogP contribution >= 0.6 is 24.0 Å². The highest BCUT2D eigenvalue weighted by Gasteiger charge is 2.22. The summed E-state index contributed by atoms with van der Waals surface area (Å²) in [7, 11) is 3.44. The number of likely N-dealkylation sites (N-methyl/N-ethyl adjacent to an activating group) is 1. The SMILES string of the molecule is CCNC(=NCc1cccc(OCC(=O)N(C)C)c1)N1CCC(Oc2ccccc2)CC1.I. The molecule has 3 rings (SSSR count). The molecule has 33 heavy (non-hydrogen) atoms. The largest absolute Gasteiger partial charge is 0.490 e. The first-order valence-electron chi connectivity index (χ1n) is 11.2. The number of rotatable bonds is 8. The highest BCUT2D eigenvalue weighted by molar-refractivity contribution is 14.0. The van der Waals surface area contributed by atoms with Gasteiger partial charge >= 0.3 is 0 Å². The Labute approximate surface area is 214 Å². The molecule has 1 fully saturated rings. The van der Waals surface area contributed by atoms with Crippen LogP contribution in [-0.2, 0) is 11.3 Å². The molecule has 1 N–H and O–H groups in total. The number of amides is 1. The average Bonchev–Trinajstić information content (AvgIpc) is 2.81. The fourth-order valence-electron chi connectivity index (χ4n) is 3.48. The van der Waals surface area contributed by atoms with Gasteiger partial charge in [-0.05, 0) is 36.8 Å². The summed E-state index contributed by atoms with van der Waals surface area (Å²) in [6, 6.07) is 17.8. The van der Waals surface area contributed by atoms with Gasteiger partial charge in [0.2, 0.25) is 0 Å². The third kappa shape index (κ3) is 8.75. The van der Waals surface area contributed by atoms with Crippen LogP contribution in [-0.4, -0.2) is 68.1 Å². The molecule has 7 nitrogen and oxygen atoms in total. The number of carbonyl (C=O) groups excluding carboxylic acids is 1. The number of piperidine rings is 1. The zero-order chi connectivity index (χ0) is 22.8. The molecule has 0 saturated carbocycles. The molecule has 0 atom stereocenters. The van der Waals surface area contributed by atoms with E-state index in [9.17, 15) is 4.79 Å². The molecule has 2 aromatic rings. The minimum atomic E-state index is -0.0671. The molecule has 1 aliphatic heterocycles. The number of para-hydroxylation sites is 1. The number of nitrogens with zero attached hydrogens (tertiary/aromatic N) is 3. The Hall–Kier alpha value is -2.49. The van der Waals surface area contributed by atoms with Gasteiger partial charge in [0.1, 0.15) is 17.6 Å². The van der Waals surface area contributed by atoms with Crippen molar-refractivity contribution >= 4 is 35.8 Å². The summed E-state index contributed by atoms with van der Waals surface area (Å²) in [6.07, 6.45) is 2.15. The molecule has 0 bridgehead atoms. The minimum Gasteiger partial charge on any atom is -0.490 e. The van der Waals surface area contributed by atoms with Gasteiger partial charge in [-0.1, -0.05) is 30.3 Å². The van der Waals surface area contributed by atoms with Crippen molar-refractivity contribution in [3.63, 3.8) is 0 Å². The highest BCUT2D eigenvalue weighted by atomic mass is 127. The lowest BCUT2D eigenvalue weighted by molar-refractivity contribution is -0.130. The quantitative estimate of drug-likeness (QED) is 0.300. The maximum Gasteiger partial charge on any atom is 0.259 e. The van der Waals surface area contributed by atoms with Crippen LogP contribution in [0.4, 0.5) is 0 Å². The van der Waals surface area contributed by atoms with Crippen LogP contribution in [0.1, 0.15) is 25.3 Å². The van der Waals surface area contributed by atoms with E-state index in [-0.39, 0.29) is 42.6 Å². The Morgan fingerprint density at radius 1 is 1.09 bits per heavy atom. The van der Waals surface area contributed by atoms with Crippen molar-refractivity contribution in [2.45, 2.75) is 32.4 Å². The number of hydrogen-bond acceptors (Lipinski definition) is 4. The second kappa shape index (κ2) is 13.9. The number of guanidine groups is 1. The minimum absolute atomic E-state index is 0. The van der Waals surface area contributed by atoms with Crippen LogP contribution in [0.2, 0.25) is 0 Å². The maximum atomic E-state index is 11.7. The number of halogens is 1. The number of nitrogens with one attached hydrogen (secondary N) is 1. The van der Waals surface area contributed by atoms with E-state index in [2.05, 4.69) is 17.1 Å². The summed E-state index contributed by atoms with van der Waals surface area (Å²) >= 11 is 0. The van der Waals surface area contributed by atoms with Gasteiger partial charge in [0, 0.05) is 46.6 Å². The van der Waals surface area contributed by atoms with Crippen molar-refractivity contribution in [2.24, 2.45) is 4.99 Å². The van der Waals surface area contributed by atoms with Gasteiger partial charge in [-0.2, -0.15) is 0 Å². The Bertz CT molecular complexity index is 884. The number of ether oxygens (including phenoxy) is 2. The van der Waals surface area contributed by atoms with E-state index in [4.69, 9.17) is 14.5 Å². The molecule has 0 aromatic heterocycles. The van der Waals surface area contributed by atoms with E-state index < -0.39 is 0 Å². The van der Waals surface area contributed by atoms with E-state index >= 15 is 0 Å². The van der Waals surface area contributed by atoms with Crippen LogP contribution in [0, 0.1) is 0 Å². The van der Waals surface area contributed by atoms with Gasteiger partial charge in [0.25, 0.3) is 5.91 Å². The van der Waals surface area contributed by atoms with Crippen molar-refractivity contribution in [2.75, 3.05) is 40.3 Å². The molecule has 0 radical (unpaired) electrons. The molecule has 1 saturated heterocycles. The van der Waals surface area contributed by atoms with E-state index in [1.165, 1.54) is 4.90 Å². The molecule has 0 spiro atoms. The summed E-state index contributed by atoms with van der Waals surface area (Å²) < 4.78 is 11.7. The highest BCUT2D eigenvalue weighted by Crippen LogP contribution is 2.19. The van der Waals surface area contributed by atoms with Crippen LogP contribution in [0.25, 0.3) is 0 Å². The second-order valence-corrected chi connectivity index (χ2v) is 8.01. The van der Waals surface area contributed by atoms with Gasteiger partial charge in [0.05, 0.1) is 6.54 Å². The molecule has 2 aromatic carbocycles. The second-order valence-electron chi connectivity index (χ2n) is 8.01. The molecule has 1 amide bonds.